The quantitative estimate of drug-likeness (QED) is 0.445. The van der Waals surface area contributed by atoms with Gasteiger partial charge in [0.25, 0.3) is 5.91 Å². The van der Waals surface area contributed by atoms with Crippen molar-refractivity contribution in [1.29, 1.82) is 0 Å². The molecule has 2 rings (SSSR count). The molecule has 0 bridgehead atoms. The third-order valence-electron chi connectivity index (χ3n) is 3.80. The molecule has 2 N–H and O–H groups in total. The summed E-state index contributed by atoms with van der Waals surface area (Å²) in [7, 11) is 0. The summed E-state index contributed by atoms with van der Waals surface area (Å²) in [6, 6.07) is 10.8. The van der Waals surface area contributed by atoms with Gasteiger partial charge in [0.05, 0.1) is 5.56 Å². The highest BCUT2D eigenvalue weighted by molar-refractivity contribution is 6.01. The number of amides is 1. The predicted molar refractivity (Wildman–Crippen MR) is 104 cm³/mol. The van der Waals surface area contributed by atoms with Crippen LogP contribution in [0.15, 0.2) is 64.8 Å². The van der Waals surface area contributed by atoms with E-state index in [0.29, 0.717) is 0 Å². The third kappa shape index (κ3) is 5.60. The van der Waals surface area contributed by atoms with E-state index in [1.165, 1.54) is 11.1 Å². The Morgan fingerprint density at radius 2 is 1.84 bits per heavy atom. The average molecular weight is 336 g/mol. The SMILES string of the molecule is CC(C)=CCC/C(C)=C/C=N/NC(=O)c1cc2ccccc2cc1O. The second-order valence-corrected chi connectivity index (χ2v) is 6.27. The highest BCUT2D eigenvalue weighted by Crippen LogP contribution is 2.24. The monoisotopic (exact) mass is 336 g/mol. The lowest BCUT2D eigenvalue weighted by Crippen LogP contribution is -2.17. The fourth-order valence-electron chi connectivity index (χ4n) is 2.40. The van der Waals surface area contributed by atoms with Crippen LogP contribution in [-0.2, 0) is 0 Å². The van der Waals surface area contributed by atoms with Gasteiger partial charge in [-0.1, -0.05) is 41.5 Å². The molecule has 0 heterocycles. The van der Waals surface area contributed by atoms with E-state index in [1.54, 1.807) is 18.3 Å². The summed E-state index contributed by atoms with van der Waals surface area (Å²) < 4.78 is 0. The van der Waals surface area contributed by atoms with Gasteiger partial charge in [0.1, 0.15) is 5.75 Å². The lowest BCUT2D eigenvalue weighted by atomic mass is 10.1. The molecule has 0 aromatic heterocycles. The van der Waals surface area contributed by atoms with E-state index >= 15 is 0 Å². The van der Waals surface area contributed by atoms with Crippen molar-refractivity contribution in [2.45, 2.75) is 33.6 Å². The zero-order valence-corrected chi connectivity index (χ0v) is 14.9. The number of nitrogens with one attached hydrogen (secondary N) is 1. The standard InChI is InChI=1S/C21H24N2O2/c1-15(2)7-6-8-16(3)11-12-22-23-21(25)19-13-17-9-4-5-10-18(17)14-20(19)24/h4-5,7,9-14,24H,6,8H2,1-3H3,(H,23,25)/b16-11+,22-12+. The number of carbonyl (C=O) groups is 1. The second-order valence-electron chi connectivity index (χ2n) is 6.27. The van der Waals surface area contributed by atoms with Gasteiger partial charge in [-0.05, 0) is 62.6 Å². The van der Waals surface area contributed by atoms with Crippen molar-refractivity contribution in [2.75, 3.05) is 0 Å². The van der Waals surface area contributed by atoms with E-state index in [9.17, 15) is 9.90 Å². The van der Waals surface area contributed by atoms with Gasteiger partial charge in [-0.25, -0.2) is 5.43 Å². The minimum atomic E-state index is -0.435. The smallest absolute Gasteiger partial charge is 0.275 e. The van der Waals surface area contributed by atoms with Gasteiger partial charge >= 0.3 is 0 Å². The van der Waals surface area contributed by atoms with Gasteiger partial charge in [0.15, 0.2) is 0 Å². The Balaban J connectivity index is 1.98. The molecule has 0 aliphatic heterocycles. The van der Waals surface area contributed by atoms with E-state index in [4.69, 9.17) is 0 Å². The van der Waals surface area contributed by atoms with Crippen LogP contribution in [0.3, 0.4) is 0 Å². The van der Waals surface area contributed by atoms with Crippen LogP contribution in [0.5, 0.6) is 5.75 Å². The number of fused-ring (bicyclic) bond motifs is 1. The molecule has 0 atom stereocenters. The van der Waals surface area contributed by atoms with E-state index < -0.39 is 5.91 Å². The molecule has 0 radical (unpaired) electrons. The van der Waals surface area contributed by atoms with Gasteiger partial charge in [-0.3, -0.25) is 4.79 Å². The maximum atomic E-state index is 12.2. The Labute approximate surface area is 148 Å². The topological polar surface area (TPSA) is 61.7 Å². The molecule has 0 saturated heterocycles. The Morgan fingerprint density at radius 1 is 1.16 bits per heavy atom. The Morgan fingerprint density at radius 3 is 2.52 bits per heavy atom. The number of hydrogen-bond donors (Lipinski definition) is 2. The molecule has 0 aliphatic carbocycles. The lowest BCUT2D eigenvalue weighted by Gasteiger charge is -2.05. The van der Waals surface area contributed by atoms with E-state index in [-0.39, 0.29) is 11.3 Å². The summed E-state index contributed by atoms with van der Waals surface area (Å²) in [5.74, 6) is -0.491. The number of phenols is 1. The number of allylic oxidation sites excluding steroid dienone is 4. The molecular weight excluding hydrogens is 312 g/mol. The number of hydrogen-bond acceptors (Lipinski definition) is 3. The fourth-order valence-corrected chi connectivity index (χ4v) is 2.40. The minimum Gasteiger partial charge on any atom is -0.507 e. The molecule has 0 unspecified atom stereocenters. The maximum absolute atomic E-state index is 12.2. The predicted octanol–water partition coefficient (Wildman–Crippen LogP) is 4.95. The maximum Gasteiger partial charge on any atom is 0.275 e. The lowest BCUT2D eigenvalue weighted by molar-refractivity contribution is 0.0952. The van der Waals surface area contributed by atoms with Crippen LogP contribution in [0.1, 0.15) is 44.0 Å². The number of hydrazone groups is 1. The van der Waals surface area contributed by atoms with Crippen molar-refractivity contribution >= 4 is 22.9 Å². The minimum absolute atomic E-state index is 0.0557. The largest absolute Gasteiger partial charge is 0.507 e. The molecule has 25 heavy (non-hydrogen) atoms. The third-order valence-corrected chi connectivity index (χ3v) is 3.80. The Hall–Kier alpha value is -2.88. The molecule has 1 amide bonds. The van der Waals surface area contributed by atoms with Crippen molar-refractivity contribution in [2.24, 2.45) is 5.10 Å². The average Bonchev–Trinajstić information content (AvgIpc) is 2.57. The van der Waals surface area contributed by atoms with Crippen LogP contribution >= 0.6 is 0 Å². The first-order chi connectivity index (χ1) is 12.0. The number of phenolic OH excluding ortho intramolecular Hbond substituents is 1. The molecule has 4 heteroatoms. The summed E-state index contributed by atoms with van der Waals surface area (Å²) in [6.45, 7) is 6.19. The van der Waals surface area contributed by atoms with E-state index in [2.05, 4.69) is 30.5 Å². The summed E-state index contributed by atoms with van der Waals surface area (Å²) in [5.41, 5.74) is 5.15. The number of rotatable bonds is 6. The zero-order chi connectivity index (χ0) is 18.2. The van der Waals surface area contributed by atoms with Crippen LogP contribution in [0.25, 0.3) is 10.8 Å². The summed E-state index contributed by atoms with van der Waals surface area (Å²) in [4.78, 5) is 12.2. The Bertz CT molecular complexity index is 844. The number of benzene rings is 2. The first-order valence-electron chi connectivity index (χ1n) is 8.31. The molecule has 0 saturated carbocycles. The molecule has 0 spiro atoms. The van der Waals surface area contributed by atoms with Crippen molar-refractivity contribution < 1.29 is 9.90 Å². The van der Waals surface area contributed by atoms with Gasteiger partial charge in [-0.2, -0.15) is 5.10 Å². The van der Waals surface area contributed by atoms with E-state index in [1.807, 2.05) is 37.3 Å². The second kappa shape index (κ2) is 8.83. The molecule has 130 valence electrons. The summed E-state index contributed by atoms with van der Waals surface area (Å²) >= 11 is 0. The van der Waals surface area contributed by atoms with Gasteiger partial charge < -0.3 is 5.11 Å². The molecule has 4 nitrogen and oxygen atoms in total. The molecule has 2 aromatic rings. The van der Waals surface area contributed by atoms with Crippen molar-refractivity contribution in [3.63, 3.8) is 0 Å². The molecule has 2 aromatic carbocycles. The first-order valence-corrected chi connectivity index (χ1v) is 8.31. The van der Waals surface area contributed by atoms with Crippen molar-refractivity contribution in [3.8, 4) is 5.75 Å². The fraction of sp³-hybridized carbons (Fsp3) is 0.238. The van der Waals surface area contributed by atoms with Gasteiger partial charge in [-0.15, -0.1) is 0 Å². The van der Waals surface area contributed by atoms with Gasteiger partial charge in [0, 0.05) is 6.21 Å². The molecule has 0 aliphatic rings. The van der Waals surface area contributed by atoms with Gasteiger partial charge in [0.2, 0.25) is 0 Å². The summed E-state index contributed by atoms with van der Waals surface area (Å²) in [6.07, 6.45) is 7.58. The highest BCUT2D eigenvalue weighted by Gasteiger charge is 2.11. The Kier molecular flexibility index (Phi) is 6.52. The molecular formula is C21H24N2O2. The van der Waals surface area contributed by atoms with Crippen LogP contribution in [0, 0.1) is 0 Å². The van der Waals surface area contributed by atoms with Crippen LogP contribution in [0.4, 0.5) is 0 Å². The number of carbonyl (C=O) groups excluding carboxylic acids is 1. The van der Waals surface area contributed by atoms with Crippen molar-refractivity contribution in [3.05, 3.63) is 65.3 Å². The van der Waals surface area contributed by atoms with E-state index in [0.717, 1.165) is 23.6 Å². The van der Waals surface area contributed by atoms with Crippen LogP contribution in [0.2, 0.25) is 0 Å². The normalized spacial score (nSPS) is 11.7. The van der Waals surface area contributed by atoms with Crippen LogP contribution < -0.4 is 5.43 Å². The van der Waals surface area contributed by atoms with Crippen LogP contribution in [-0.4, -0.2) is 17.2 Å². The highest BCUT2D eigenvalue weighted by atomic mass is 16.3. The molecule has 0 fully saturated rings. The number of nitrogens with zero attached hydrogens (tertiary/aromatic N) is 1. The summed E-state index contributed by atoms with van der Waals surface area (Å²) in [5, 5.41) is 15.7. The first kappa shape index (κ1) is 18.5. The zero-order valence-electron chi connectivity index (χ0n) is 14.9. The number of aromatic hydroxyl groups is 1. The van der Waals surface area contributed by atoms with Crippen molar-refractivity contribution in [1.82, 2.24) is 5.43 Å².